The quantitative estimate of drug-likeness (QED) is 0.654. The van der Waals surface area contributed by atoms with Crippen LogP contribution in [0.1, 0.15) is 53.0 Å². The molecule has 0 spiro atoms. The fourth-order valence-corrected chi connectivity index (χ4v) is 4.24. The molecule has 6 nitrogen and oxygen atoms in total. The first-order valence-corrected chi connectivity index (χ1v) is 10.6. The van der Waals surface area contributed by atoms with Gasteiger partial charge in [0.1, 0.15) is 5.82 Å². The summed E-state index contributed by atoms with van der Waals surface area (Å²) in [4.78, 5) is 27.7. The van der Waals surface area contributed by atoms with Crippen molar-refractivity contribution in [3.05, 3.63) is 87.6 Å². The van der Waals surface area contributed by atoms with E-state index in [9.17, 15) is 9.59 Å². The first kappa shape index (κ1) is 20.1. The van der Waals surface area contributed by atoms with E-state index in [1.807, 2.05) is 73.3 Å². The normalized spacial score (nSPS) is 14.8. The van der Waals surface area contributed by atoms with Crippen LogP contribution in [0, 0.1) is 6.92 Å². The van der Waals surface area contributed by atoms with Crippen molar-refractivity contribution in [3.63, 3.8) is 0 Å². The summed E-state index contributed by atoms with van der Waals surface area (Å²) < 4.78 is 3.35. The first-order valence-electron chi connectivity index (χ1n) is 10.6. The highest BCUT2D eigenvalue weighted by atomic mass is 16.2. The van der Waals surface area contributed by atoms with Crippen LogP contribution in [0.2, 0.25) is 0 Å². The molecule has 0 saturated carbocycles. The van der Waals surface area contributed by atoms with Crippen LogP contribution in [0.5, 0.6) is 0 Å². The van der Waals surface area contributed by atoms with Gasteiger partial charge in [0.2, 0.25) is 0 Å². The van der Waals surface area contributed by atoms with Gasteiger partial charge in [0.15, 0.2) is 0 Å². The van der Waals surface area contributed by atoms with E-state index in [-0.39, 0.29) is 17.5 Å². The van der Waals surface area contributed by atoms with Gasteiger partial charge in [0, 0.05) is 31.1 Å². The second-order valence-corrected chi connectivity index (χ2v) is 7.91. The van der Waals surface area contributed by atoms with Crippen LogP contribution < -0.4 is 5.69 Å². The first-order chi connectivity index (χ1) is 14.6. The van der Waals surface area contributed by atoms with Crippen molar-refractivity contribution in [2.75, 3.05) is 13.1 Å². The molecule has 0 aliphatic carbocycles. The topological polar surface area (TPSA) is 60.1 Å². The lowest BCUT2D eigenvalue weighted by molar-refractivity contribution is 0.0709. The van der Waals surface area contributed by atoms with Gasteiger partial charge in [-0.05, 0) is 43.9 Å². The molecule has 0 N–H and O–H groups in total. The largest absolute Gasteiger partial charge is 0.346 e. The lowest BCUT2D eigenvalue weighted by Gasteiger charge is -2.32. The predicted octanol–water partition coefficient (Wildman–Crippen LogP) is 3.44. The third-order valence-corrected chi connectivity index (χ3v) is 5.97. The second kappa shape index (κ2) is 8.69. The van der Waals surface area contributed by atoms with Gasteiger partial charge in [-0.2, -0.15) is 5.10 Å². The van der Waals surface area contributed by atoms with E-state index in [4.69, 9.17) is 5.10 Å². The van der Waals surface area contributed by atoms with Crippen molar-refractivity contribution in [2.45, 2.75) is 45.7 Å². The van der Waals surface area contributed by atoms with Gasteiger partial charge >= 0.3 is 5.69 Å². The third kappa shape index (κ3) is 3.95. The van der Waals surface area contributed by atoms with Gasteiger partial charge < -0.3 is 4.90 Å². The van der Waals surface area contributed by atoms with Crippen LogP contribution in [0.15, 0.2) is 59.4 Å². The summed E-state index contributed by atoms with van der Waals surface area (Å²) >= 11 is 0. The maximum atomic E-state index is 12.9. The van der Waals surface area contributed by atoms with Crippen LogP contribution in [0.4, 0.5) is 0 Å². The molecule has 2 heterocycles. The molecule has 0 unspecified atom stereocenters. The van der Waals surface area contributed by atoms with Crippen molar-refractivity contribution in [1.82, 2.24) is 19.2 Å². The standard InChI is InChI=1S/C24H28N4O2/c1-3-27-22(25-28(24(27)30)17-19-10-5-4-6-11-19)20-13-15-26(16-14-20)23(29)21-12-8-7-9-18(21)2/h4-12,20H,3,13-17H2,1-2H3. The number of aryl methyl sites for hydroxylation is 1. The molecule has 2 aromatic carbocycles. The summed E-state index contributed by atoms with van der Waals surface area (Å²) in [5.41, 5.74) is 2.78. The molecule has 1 saturated heterocycles. The summed E-state index contributed by atoms with van der Waals surface area (Å²) in [7, 11) is 0. The Bertz CT molecular complexity index is 1080. The minimum atomic E-state index is -0.0604. The molecular formula is C24H28N4O2. The van der Waals surface area contributed by atoms with Crippen molar-refractivity contribution < 1.29 is 4.79 Å². The molecule has 1 aliphatic rings. The summed E-state index contributed by atoms with van der Waals surface area (Å²) in [6.07, 6.45) is 1.64. The molecule has 6 heteroatoms. The fourth-order valence-electron chi connectivity index (χ4n) is 4.24. The number of aromatic nitrogens is 3. The minimum absolute atomic E-state index is 0.0604. The van der Waals surface area contributed by atoms with Crippen LogP contribution in [0.3, 0.4) is 0 Å². The van der Waals surface area contributed by atoms with Crippen LogP contribution >= 0.6 is 0 Å². The Labute approximate surface area is 176 Å². The number of hydrogen-bond acceptors (Lipinski definition) is 3. The Kier molecular flexibility index (Phi) is 5.84. The molecule has 0 atom stereocenters. The molecule has 1 fully saturated rings. The molecule has 0 bridgehead atoms. The van der Waals surface area contributed by atoms with Crippen LogP contribution in [-0.2, 0) is 13.1 Å². The van der Waals surface area contributed by atoms with Crippen molar-refractivity contribution in [1.29, 1.82) is 0 Å². The van der Waals surface area contributed by atoms with Gasteiger partial charge in [0.25, 0.3) is 5.91 Å². The van der Waals surface area contributed by atoms with E-state index < -0.39 is 0 Å². The Morgan fingerprint density at radius 3 is 2.37 bits per heavy atom. The Morgan fingerprint density at radius 2 is 1.70 bits per heavy atom. The van der Waals surface area contributed by atoms with Crippen LogP contribution in [0.25, 0.3) is 0 Å². The highest BCUT2D eigenvalue weighted by Gasteiger charge is 2.29. The number of hydrogen-bond donors (Lipinski definition) is 0. The van der Waals surface area contributed by atoms with E-state index in [1.165, 1.54) is 0 Å². The fraction of sp³-hybridized carbons (Fsp3) is 0.375. The van der Waals surface area contributed by atoms with Gasteiger partial charge in [-0.1, -0.05) is 48.5 Å². The number of carbonyl (C=O) groups is 1. The molecular weight excluding hydrogens is 376 g/mol. The average molecular weight is 405 g/mol. The smallest absolute Gasteiger partial charge is 0.339 e. The highest BCUT2D eigenvalue weighted by Crippen LogP contribution is 2.27. The monoisotopic (exact) mass is 404 g/mol. The molecule has 30 heavy (non-hydrogen) atoms. The minimum Gasteiger partial charge on any atom is -0.339 e. The van der Waals surface area contributed by atoms with Gasteiger partial charge in [0.05, 0.1) is 6.54 Å². The maximum Gasteiger partial charge on any atom is 0.346 e. The van der Waals surface area contributed by atoms with E-state index >= 15 is 0 Å². The van der Waals surface area contributed by atoms with Crippen LogP contribution in [-0.4, -0.2) is 38.2 Å². The van der Waals surface area contributed by atoms with Gasteiger partial charge in [-0.25, -0.2) is 9.48 Å². The number of benzene rings is 2. The van der Waals surface area contributed by atoms with Crippen molar-refractivity contribution >= 4 is 5.91 Å². The lowest BCUT2D eigenvalue weighted by Crippen LogP contribution is -2.38. The second-order valence-electron chi connectivity index (χ2n) is 7.91. The van der Waals surface area contributed by atoms with E-state index in [2.05, 4.69) is 0 Å². The number of carbonyl (C=O) groups excluding carboxylic acids is 1. The molecule has 0 radical (unpaired) electrons. The molecule has 1 aliphatic heterocycles. The van der Waals surface area contributed by atoms with E-state index in [0.717, 1.165) is 35.4 Å². The highest BCUT2D eigenvalue weighted by molar-refractivity contribution is 5.95. The number of nitrogens with zero attached hydrogens (tertiary/aromatic N) is 4. The molecule has 1 aromatic heterocycles. The van der Waals surface area contributed by atoms with E-state index in [1.54, 1.807) is 9.25 Å². The van der Waals surface area contributed by atoms with Gasteiger partial charge in [-0.15, -0.1) is 0 Å². The summed E-state index contributed by atoms with van der Waals surface area (Å²) in [6, 6.07) is 17.6. The van der Waals surface area contributed by atoms with Gasteiger partial charge in [-0.3, -0.25) is 9.36 Å². The Morgan fingerprint density at radius 1 is 1.03 bits per heavy atom. The van der Waals surface area contributed by atoms with Crippen molar-refractivity contribution in [3.8, 4) is 0 Å². The lowest BCUT2D eigenvalue weighted by atomic mass is 9.95. The summed E-state index contributed by atoms with van der Waals surface area (Å²) in [5, 5.41) is 4.71. The zero-order chi connectivity index (χ0) is 21.1. The Balaban J connectivity index is 1.49. The van der Waals surface area contributed by atoms with Crippen molar-refractivity contribution in [2.24, 2.45) is 0 Å². The maximum absolute atomic E-state index is 12.9. The zero-order valence-electron chi connectivity index (χ0n) is 17.6. The molecule has 3 aromatic rings. The summed E-state index contributed by atoms with van der Waals surface area (Å²) in [6.45, 7) is 6.40. The Hall–Kier alpha value is -3.15. The number of rotatable bonds is 5. The SMILES string of the molecule is CCn1c(C2CCN(C(=O)c3ccccc3C)CC2)nn(Cc2ccccc2)c1=O. The number of likely N-dealkylation sites (tertiary alicyclic amines) is 1. The summed E-state index contributed by atoms with van der Waals surface area (Å²) in [5.74, 6) is 1.13. The number of piperidine rings is 1. The molecule has 1 amide bonds. The average Bonchev–Trinajstić information content (AvgIpc) is 3.09. The zero-order valence-corrected chi connectivity index (χ0v) is 17.6. The molecule has 156 valence electrons. The number of amides is 1. The predicted molar refractivity (Wildman–Crippen MR) is 117 cm³/mol. The van der Waals surface area contributed by atoms with E-state index in [0.29, 0.717) is 26.2 Å². The third-order valence-electron chi connectivity index (χ3n) is 5.97. The molecule has 4 rings (SSSR count).